The first-order valence-corrected chi connectivity index (χ1v) is 8.98. The van der Waals surface area contributed by atoms with Crippen molar-refractivity contribution in [2.24, 2.45) is 0 Å². The maximum Gasteiger partial charge on any atom is 0.199 e. The smallest absolute Gasteiger partial charge is 0.199 e. The molecule has 2 heterocycles. The fraction of sp³-hybridized carbons (Fsp3) is 0.529. The molecule has 2 aliphatic rings. The van der Waals surface area contributed by atoms with Crippen LogP contribution in [0.5, 0.6) is 0 Å². The van der Waals surface area contributed by atoms with Gasteiger partial charge in [0.05, 0.1) is 6.67 Å². The standard InChI is InChI=1S/C17H23N5OS/c23-12-16-18-21(17(24)22(16)15-6-7-15)13-19-8-10-20(11-9-19)14-4-2-1-3-5-14/h1-5,15,23H,6-13H2. The quantitative estimate of drug-likeness (QED) is 0.840. The number of anilines is 1. The van der Waals surface area contributed by atoms with Gasteiger partial charge >= 0.3 is 0 Å². The molecular weight excluding hydrogens is 322 g/mol. The lowest BCUT2D eigenvalue weighted by Gasteiger charge is -2.35. The summed E-state index contributed by atoms with van der Waals surface area (Å²) in [4.78, 5) is 4.79. The van der Waals surface area contributed by atoms with E-state index in [0.29, 0.717) is 18.5 Å². The van der Waals surface area contributed by atoms with Gasteiger partial charge in [0.15, 0.2) is 10.6 Å². The lowest BCUT2D eigenvalue weighted by molar-refractivity contribution is 0.192. The third-order valence-corrected chi connectivity index (χ3v) is 5.23. The van der Waals surface area contributed by atoms with Gasteiger partial charge < -0.3 is 10.0 Å². The summed E-state index contributed by atoms with van der Waals surface area (Å²) in [5, 5.41) is 14.1. The van der Waals surface area contributed by atoms with E-state index >= 15 is 0 Å². The van der Waals surface area contributed by atoms with Gasteiger partial charge in [0.1, 0.15) is 6.61 Å². The van der Waals surface area contributed by atoms with Crippen LogP contribution in [0.4, 0.5) is 5.69 Å². The van der Waals surface area contributed by atoms with Gasteiger partial charge in [0.2, 0.25) is 0 Å². The third kappa shape index (κ3) is 3.11. The van der Waals surface area contributed by atoms with Crippen molar-refractivity contribution < 1.29 is 5.11 Å². The van der Waals surface area contributed by atoms with E-state index in [0.717, 1.165) is 43.8 Å². The van der Waals surface area contributed by atoms with Gasteiger partial charge in [-0.25, -0.2) is 4.68 Å². The SMILES string of the molecule is OCc1nn(CN2CCN(c3ccccc3)CC2)c(=S)n1C1CC1. The van der Waals surface area contributed by atoms with Crippen molar-refractivity contribution in [1.29, 1.82) is 0 Å². The summed E-state index contributed by atoms with van der Waals surface area (Å²) >= 11 is 5.58. The molecule has 6 nitrogen and oxygen atoms in total. The van der Waals surface area contributed by atoms with Crippen LogP contribution in [0.2, 0.25) is 0 Å². The first-order chi connectivity index (χ1) is 11.8. The van der Waals surface area contributed by atoms with Crippen LogP contribution < -0.4 is 4.90 Å². The molecule has 1 aliphatic heterocycles. The van der Waals surface area contributed by atoms with E-state index in [1.54, 1.807) is 0 Å². The number of nitrogens with zero attached hydrogens (tertiary/aromatic N) is 5. The fourth-order valence-electron chi connectivity index (χ4n) is 3.34. The number of para-hydroxylation sites is 1. The van der Waals surface area contributed by atoms with Crippen LogP contribution in [0.15, 0.2) is 30.3 Å². The maximum absolute atomic E-state index is 9.54. The van der Waals surface area contributed by atoms with Crippen molar-refractivity contribution in [1.82, 2.24) is 19.2 Å². The number of aliphatic hydroxyl groups excluding tert-OH is 1. The maximum atomic E-state index is 9.54. The molecule has 24 heavy (non-hydrogen) atoms. The number of aliphatic hydroxyl groups is 1. The van der Waals surface area contributed by atoms with Crippen molar-refractivity contribution in [3.63, 3.8) is 0 Å². The van der Waals surface area contributed by atoms with Gasteiger partial charge in [-0.1, -0.05) is 18.2 Å². The molecule has 1 aliphatic carbocycles. The minimum absolute atomic E-state index is 0.0467. The van der Waals surface area contributed by atoms with E-state index in [1.165, 1.54) is 5.69 Å². The highest BCUT2D eigenvalue weighted by Gasteiger charge is 2.28. The highest BCUT2D eigenvalue weighted by Crippen LogP contribution is 2.36. The van der Waals surface area contributed by atoms with Crippen LogP contribution >= 0.6 is 12.2 Å². The average Bonchev–Trinajstić information content (AvgIpc) is 3.41. The summed E-state index contributed by atoms with van der Waals surface area (Å²) < 4.78 is 4.65. The third-order valence-electron chi connectivity index (χ3n) is 4.82. The largest absolute Gasteiger partial charge is 0.388 e. The summed E-state index contributed by atoms with van der Waals surface area (Å²) in [6.07, 6.45) is 2.28. The number of aromatic nitrogens is 3. The summed E-state index contributed by atoms with van der Waals surface area (Å²) in [6, 6.07) is 11.0. The van der Waals surface area contributed by atoms with Gasteiger partial charge in [-0.05, 0) is 37.2 Å². The molecule has 0 amide bonds. The molecule has 1 N–H and O–H groups in total. The lowest BCUT2D eigenvalue weighted by Crippen LogP contribution is -2.47. The Morgan fingerprint density at radius 1 is 1.08 bits per heavy atom. The van der Waals surface area contributed by atoms with Gasteiger partial charge in [0.25, 0.3) is 0 Å². The zero-order valence-corrected chi connectivity index (χ0v) is 14.5. The molecular formula is C17H23N5OS. The highest BCUT2D eigenvalue weighted by atomic mass is 32.1. The van der Waals surface area contributed by atoms with Crippen LogP contribution in [0, 0.1) is 4.77 Å². The molecule has 0 spiro atoms. The second kappa shape index (κ2) is 6.66. The Labute approximate surface area is 146 Å². The average molecular weight is 345 g/mol. The van der Waals surface area contributed by atoms with Crippen molar-refractivity contribution in [3.8, 4) is 0 Å². The highest BCUT2D eigenvalue weighted by molar-refractivity contribution is 7.71. The van der Waals surface area contributed by atoms with Crippen LogP contribution in [0.3, 0.4) is 0 Å². The number of benzene rings is 1. The van der Waals surface area contributed by atoms with E-state index in [2.05, 4.69) is 45.2 Å². The molecule has 7 heteroatoms. The van der Waals surface area contributed by atoms with Gasteiger partial charge in [-0.15, -0.1) is 0 Å². The van der Waals surface area contributed by atoms with Gasteiger partial charge in [-0.2, -0.15) is 5.10 Å². The molecule has 2 fully saturated rings. The van der Waals surface area contributed by atoms with E-state index in [4.69, 9.17) is 12.2 Å². The van der Waals surface area contributed by atoms with Crippen LogP contribution in [0.25, 0.3) is 0 Å². The normalized spacial score (nSPS) is 19.0. The molecule has 128 valence electrons. The predicted octanol–water partition coefficient (Wildman–Crippen LogP) is 2.02. The Hall–Kier alpha value is -1.70. The molecule has 1 aromatic carbocycles. The number of rotatable bonds is 5. The van der Waals surface area contributed by atoms with E-state index in [-0.39, 0.29) is 6.61 Å². The Balaban J connectivity index is 1.42. The minimum Gasteiger partial charge on any atom is -0.388 e. The van der Waals surface area contributed by atoms with Gasteiger partial charge in [-0.3, -0.25) is 9.47 Å². The summed E-state index contributed by atoms with van der Waals surface area (Å²) in [7, 11) is 0. The summed E-state index contributed by atoms with van der Waals surface area (Å²) in [6.45, 7) is 4.65. The molecule has 2 aromatic rings. The summed E-state index contributed by atoms with van der Waals surface area (Å²) in [5.41, 5.74) is 1.29. The molecule has 1 saturated carbocycles. The Morgan fingerprint density at radius 3 is 2.42 bits per heavy atom. The first-order valence-electron chi connectivity index (χ1n) is 8.57. The van der Waals surface area contributed by atoms with Crippen molar-refractivity contribution >= 4 is 17.9 Å². The second-order valence-electron chi connectivity index (χ2n) is 6.54. The molecule has 0 unspecified atom stereocenters. The van der Waals surface area contributed by atoms with Crippen LogP contribution in [-0.4, -0.2) is 50.5 Å². The van der Waals surface area contributed by atoms with Crippen molar-refractivity contribution in [3.05, 3.63) is 40.9 Å². The minimum atomic E-state index is -0.0467. The lowest BCUT2D eigenvalue weighted by atomic mass is 10.2. The molecule has 4 rings (SSSR count). The Bertz CT molecular complexity index is 744. The number of hydrogen-bond acceptors (Lipinski definition) is 5. The topological polar surface area (TPSA) is 49.5 Å². The predicted molar refractivity (Wildman–Crippen MR) is 95.5 cm³/mol. The molecule has 0 atom stereocenters. The van der Waals surface area contributed by atoms with Crippen LogP contribution in [-0.2, 0) is 13.3 Å². The van der Waals surface area contributed by atoms with E-state index in [9.17, 15) is 5.11 Å². The molecule has 0 radical (unpaired) electrons. The van der Waals surface area contributed by atoms with Gasteiger partial charge in [0, 0.05) is 37.9 Å². The molecule has 1 aromatic heterocycles. The number of piperazine rings is 1. The Morgan fingerprint density at radius 2 is 1.79 bits per heavy atom. The molecule has 0 bridgehead atoms. The second-order valence-corrected chi connectivity index (χ2v) is 6.90. The van der Waals surface area contributed by atoms with E-state index in [1.807, 2.05) is 9.25 Å². The fourth-order valence-corrected chi connectivity index (χ4v) is 3.69. The monoisotopic (exact) mass is 345 g/mol. The Kier molecular flexibility index (Phi) is 4.39. The zero-order chi connectivity index (χ0) is 16.5. The first kappa shape index (κ1) is 15.8. The number of hydrogen-bond donors (Lipinski definition) is 1. The summed E-state index contributed by atoms with van der Waals surface area (Å²) in [5.74, 6) is 0.699. The van der Waals surface area contributed by atoms with Crippen LogP contribution in [0.1, 0.15) is 24.7 Å². The van der Waals surface area contributed by atoms with E-state index < -0.39 is 0 Å². The molecule has 1 saturated heterocycles. The zero-order valence-electron chi connectivity index (χ0n) is 13.7. The van der Waals surface area contributed by atoms with Crippen molar-refractivity contribution in [2.45, 2.75) is 32.2 Å². The van der Waals surface area contributed by atoms with Crippen molar-refractivity contribution in [2.75, 3.05) is 31.1 Å².